The molecule has 1 aromatic carbocycles. The minimum Gasteiger partial charge on any atom is -0.326 e. The Morgan fingerprint density at radius 1 is 1.50 bits per heavy atom. The first kappa shape index (κ1) is 9.53. The van der Waals surface area contributed by atoms with Gasteiger partial charge in [-0.3, -0.25) is 4.79 Å². The Hall–Kier alpha value is -1.02. The molecular formula is C11H12ClNO. The largest absolute Gasteiger partial charge is 0.326 e. The maximum absolute atomic E-state index is 11.5. The van der Waals surface area contributed by atoms with Gasteiger partial charge in [0, 0.05) is 16.6 Å². The van der Waals surface area contributed by atoms with Crippen LogP contribution in [0.1, 0.15) is 18.9 Å². The summed E-state index contributed by atoms with van der Waals surface area (Å²) < 4.78 is 0. The fraction of sp³-hybridized carbons (Fsp3) is 0.364. The zero-order valence-corrected chi connectivity index (χ0v) is 8.77. The van der Waals surface area contributed by atoms with Gasteiger partial charge in [-0.1, -0.05) is 24.6 Å². The van der Waals surface area contributed by atoms with Gasteiger partial charge in [-0.2, -0.15) is 0 Å². The van der Waals surface area contributed by atoms with E-state index in [1.807, 2.05) is 25.1 Å². The number of hydrogen-bond donors (Lipinski definition) is 1. The van der Waals surface area contributed by atoms with Crippen molar-refractivity contribution >= 4 is 23.2 Å². The first-order valence-corrected chi connectivity index (χ1v) is 5.14. The molecule has 0 bridgehead atoms. The fourth-order valence-corrected chi connectivity index (χ4v) is 1.81. The molecule has 3 heteroatoms. The van der Waals surface area contributed by atoms with Crippen molar-refractivity contribution in [2.24, 2.45) is 5.92 Å². The van der Waals surface area contributed by atoms with Crippen molar-refractivity contribution in [3.05, 3.63) is 28.8 Å². The monoisotopic (exact) mass is 209 g/mol. The quantitative estimate of drug-likeness (QED) is 0.700. The molecule has 0 saturated carbocycles. The highest BCUT2D eigenvalue weighted by atomic mass is 35.5. The van der Waals surface area contributed by atoms with Crippen LogP contribution in [0.2, 0.25) is 5.02 Å². The molecule has 1 aromatic rings. The first-order chi connectivity index (χ1) is 6.66. The normalized spacial score (nSPS) is 21.0. The standard InChI is InChI=1S/C11H12ClNO/c1-7-2-3-8-4-5-9(12)6-10(8)13-11(7)14/h4-7H,2-3H2,1H3,(H,13,14). The van der Waals surface area contributed by atoms with Gasteiger partial charge in [0.25, 0.3) is 0 Å². The topological polar surface area (TPSA) is 29.1 Å². The van der Waals surface area contributed by atoms with Crippen LogP contribution in [0.3, 0.4) is 0 Å². The van der Waals surface area contributed by atoms with Crippen LogP contribution in [0.15, 0.2) is 18.2 Å². The van der Waals surface area contributed by atoms with E-state index in [-0.39, 0.29) is 11.8 Å². The number of amides is 1. The number of nitrogens with one attached hydrogen (secondary N) is 1. The maximum atomic E-state index is 11.5. The summed E-state index contributed by atoms with van der Waals surface area (Å²) in [5, 5.41) is 3.55. The van der Waals surface area contributed by atoms with Gasteiger partial charge in [0.2, 0.25) is 5.91 Å². The molecule has 0 spiro atoms. The molecule has 2 rings (SSSR count). The molecule has 0 fully saturated rings. The molecule has 1 amide bonds. The Labute approximate surface area is 88.3 Å². The number of carbonyl (C=O) groups is 1. The lowest BCUT2D eigenvalue weighted by atomic mass is 10.0. The molecule has 74 valence electrons. The summed E-state index contributed by atoms with van der Waals surface area (Å²) in [4.78, 5) is 11.5. The van der Waals surface area contributed by atoms with Gasteiger partial charge in [0.1, 0.15) is 0 Å². The van der Waals surface area contributed by atoms with Gasteiger partial charge in [-0.25, -0.2) is 0 Å². The van der Waals surface area contributed by atoms with Crippen LogP contribution in [0.4, 0.5) is 5.69 Å². The average Bonchev–Trinajstić information content (AvgIpc) is 2.27. The molecule has 2 nitrogen and oxygen atoms in total. The maximum Gasteiger partial charge on any atom is 0.227 e. The van der Waals surface area contributed by atoms with Crippen molar-refractivity contribution in [2.75, 3.05) is 5.32 Å². The Morgan fingerprint density at radius 3 is 3.07 bits per heavy atom. The first-order valence-electron chi connectivity index (χ1n) is 4.76. The molecule has 1 aliphatic heterocycles. The summed E-state index contributed by atoms with van der Waals surface area (Å²) in [7, 11) is 0. The molecule has 0 aliphatic carbocycles. The number of halogens is 1. The van der Waals surface area contributed by atoms with Crippen LogP contribution in [0.5, 0.6) is 0 Å². The fourth-order valence-electron chi connectivity index (χ4n) is 1.64. The van der Waals surface area contributed by atoms with Crippen LogP contribution in [-0.4, -0.2) is 5.91 Å². The van der Waals surface area contributed by atoms with E-state index in [2.05, 4.69) is 5.32 Å². The molecule has 0 radical (unpaired) electrons. The predicted molar refractivity (Wildman–Crippen MR) is 57.6 cm³/mol. The molecule has 14 heavy (non-hydrogen) atoms. The lowest BCUT2D eigenvalue weighted by Crippen LogP contribution is -2.18. The van der Waals surface area contributed by atoms with Crippen LogP contribution in [0, 0.1) is 5.92 Å². The van der Waals surface area contributed by atoms with Crippen LogP contribution >= 0.6 is 11.6 Å². The molecule has 1 atom stereocenters. The number of fused-ring (bicyclic) bond motifs is 1. The van der Waals surface area contributed by atoms with E-state index in [1.165, 1.54) is 5.56 Å². The zero-order valence-electron chi connectivity index (χ0n) is 8.01. The van der Waals surface area contributed by atoms with Crippen LogP contribution < -0.4 is 5.32 Å². The highest BCUT2D eigenvalue weighted by Crippen LogP contribution is 2.26. The van der Waals surface area contributed by atoms with E-state index >= 15 is 0 Å². The number of benzene rings is 1. The van der Waals surface area contributed by atoms with Crippen LogP contribution in [0.25, 0.3) is 0 Å². The number of rotatable bonds is 0. The highest BCUT2D eigenvalue weighted by Gasteiger charge is 2.19. The van der Waals surface area contributed by atoms with Gasteiger partial charge in [0.05, 0.1) is 0 Å². The van der Waals surface area contributed by atoms with Crippen molar-refractivity contribution in [1.29, 1.82) is 0 Å². The summed E-state index contributed by atoms with van der Waals surface area (Å²) in [5.41, 5.74) is 2.04. The van der Waals surface area contributed by atoms with Gasteiger partial charge in [0.15, 0.2) is 0 Å². The van der Waals surface area contributed by atoms with Crippen molar-refractivity contribution in [3.8, 4) is 0 Å². The molecule has 0 aromatic heterocycles. The second kappa shape index (κ2) is 3.62. The smallest absolute Gasteiger partial charge is 0.227 e. The molecule has 0 saturated heterocycles. The second-order valence-electron chi connectivity index (χ2n) is 3.73. The average molecular weight is 210 g/mol. The third-order valence-electron chi connectivity index (χ3n) is 2.62. The Bertz CT molecular complexity index is 376. The molecule has 1 N–H and O–H groups in total. The van der Waals surface area contributed by atoms with E-state index in [0.717, 1.165) is 18.5 Å². The third kappa shape index (κ3) is 1.75. The SMILES string of the molecule is CC1CCc2ccc(Cl)cc2NC1=O. The van der Waals surface area contributed by atoms with Gasteiger partial charge < -0.3 is 5.32 Å². The number of hydrogen-bond acceptors (Lipinski definition) is 1. The summed E-state index contributed by atoms with van der Waals surface area (Å²) in [6.45, 7) is 1.95. The Balaban J connectivity index is 2.38. The zero-order chi connectivity index (χ0) is 10.1. The molecular weight excluding hydrogens is 198 g/mol. The van der Waals surface area contributed by atoms with E-state index in [4.69, 9.17) is 11.6 Å². The summed E-state index contributed by atoms with van der Waals surface area (Å²) in [6, 6.07) is 5.66. The lowest BCUT2D eigenvalue weighted by Gasteiger charge is -2.07. The predicted octanol–water partition coefficient (Wildman–Crippen LogP) is 2.86. The Kier molecular flexibility index (Phi) is 2.46. The third-order valence-corrected chi connectivity index (χ3v) is 2.86. The molecule has 1 aliphatic rings. The van der Waals surface area contributed by atoms with Crippen molar-refractivity contribution in [3.63, 3.8) is 0 Å². The second-order valence-corrected chi connectivity index (χ2v) is 4.17. The summed E-state index contributed by atoms with van der Waals surface area (Å²) in [6.07, 6.45) is 1.84. The van der Waals surface area contributed by atoms with E-state index < -0.39 is 0 Å². The van der Waals surface area contributed by atoms with Crippen molar-refractivity contribution < 1.29 is 4.79 Å². The van der Waals surface area contributed by atoms with Crippen molar-refractivity contribution in [2.45, 2.75) is 19.8 Å². The van der Waals surface area contributed by atoms with Gasteiger partial charge in [-0.15, -0.1) is 0 Å². The molecule has 1 unspecified atom stereocenters. The van der Waals surface area contributed by atoms with E-state index in [1.54, 1.807) is 0 Å². The van der Waals surface area contributed by atoms with Gasteiger partial charge in [-0.05, 0) is 30.5 Å². The lowest BCUT2D eigenvalue weighted by molar-refractivity contribution is -0.119. The molecule has 1 heterocycles. The summed E-state index contributed by atoms with van der Waals surface area (Å²) in [5.74, 6) is 0.173. The minimum absolute atomic E-state index is 0.0844. The summed E-state index contributed by atoms with van der Waals surface area (Å²) >= 11 is 5.86. The van der Waals surface area contributed by atoms with E-state index in [0.29, 0.717) is 5.02 Å². The number of carbonyl (C=O) groups excluding carboxylic acids is 1. The number of aryl methyl sites for hydroxylation is 1. The highest BCUT2D eigenvalue weighted by molar-refractivity contribution is 6.31. The number of anilines is 1. The van der Waals surface area contributed by atoms with Crippen molar-refractivity contribution in [1.82, 2.24) is 0 Å². The Morgan fingerprint density at radius 2 is 2.29 bits per heavy atom. The van der Waals surface area contributed by atoms with Gasteiger partial charge >= 0.3 is 0 Å². The minimum atomic E-state index is 0.0844. The van der Waals surface area contributed by atoms with E-state index in [9.17, 15) is 4.79 Å². The van der Waals surface area contributed by atoms with Crippen LogP contribution in [-0.2, 0) is 11.2 Å².